The van der Waals surface area contributed by atoms with E-state index in [1.807, 2.05) is 18.3 Å². The van der Waals surface area contributed by atoms with Gasteiger partial charge in [-0.1, -0.05) is 18.2 Å². The SMILES string of the molecule is Cn1c(CN2CC[C@H](N)C2)cc2c(-c3ccc(C#N)c(F)c3)c(-c3ccc4c(c3)CC4)ncc21. The van der Waals surface area contributed by atoms with Gasteiger partial charge in [-0.05, 0) is 60.2 Å². The molecule has 34 heavy (non-hydrogen) atoms. The van der Waals surface area contributed by atoms with Gasteiger partial charge in [0.05, 0.1) is 23.0 Å². The van der Waals surface area contributed by atoms with E-state index in [4.69, 9.17) is 10.7 Å². The number of nitrogens with zero attached hydrogens (tertiary/aromatic N) is 4. The zero-order chi connectivity index (χ0) is 23.4. The Kier molecular flexibility index (Phi) is 4.98. The highest BCUT2D eigenvalue weighted by atomic mass is 19.1. The molecule has 0 radical (unpaired) electrons. The highest BCUT2D eigenvalue weighted by molar-refractivity contribution is 6.02. The fraction of sp³-hybridized carbons (Fsp3) is 0.286. The van der Waals surface area contributed by atoms with E-state index in [-0.39, 0.29) is 11.6 Å². The lowest BCUT2D eigenvalue weighted by molar-refractivity contribution is 0.319. The smallest absolute Gasteiger partial charge is 0.141 e. The van der Waals surface area contributed by atoms with Crippen molar-refractivity contribution in [2.24, 2.45) is 12.8 Å². The molecular weight excluding hydrogens is 425 g/mol. The Morgan fingerprint density at radius 2 is 1.94 bits per heavy atom. The molecule has 3 heterocycles. The van der Waals surface area contributed by atoms with E-state index in [2.05, 4.69) is 40.8 Å². The minimum Gasteiger partial charge on any atom is -0.345 e. The third kappa shape index (κ3) is 3.40. The zero-order valence-corrected chi connectivity index (χ0v) is 19.2. The molecule has 0 unspecified atom stereocenters. The van der Waals surface area contributed by atoms with Crippen molar-refractivity contribution in [3.8, 4) is 28.5 Å². The van der Waals surface area contributed by atoms with E-state index < -0.39 is 5.82 Å². The molecule has 0 saturated carbocycles. The largest absolute Gasteiger partial charge is 0.345 e. The summed E-state index contributed by atoms with van der Waals surface area (Å²) in [4.78, 5) is 7.28. The Bertz CT molecular complexity index is 1480. The monoisotopic (exact) mass is 451 g/mol. The summed E-state index contributed by atoms with van der Waals surface area (Å²) in [6.07, 6.45) is 5.15. The van der Waals surface area contributed by atoms with Gasteiger partial charge in [0.25, 0.3) is 0 Å². The Balaban J connectivity index is 1.55. The normalized spacial score (nSPS) is 17.5. The standard InChI is InChI=1S/C28H26FN5/c1-33-23(16-34-9-8-22(31)15-34)12-24-26(33)14-32-28(20-6-3-17-2-4-18(17)10-20)27(24)19-5-7-21(13-30)25(29)11-19/h3,5-7,10-12,14,22H,2,4,8-9,15-16,31H2,1H3/t22-/m0/s1. The number of aryl methyl sites for hydroxylation is 3. The number of aromatic nitrogens is 2. The molecule has 6 heteroatoms. The molecule has 2 N–H and O–H groups in total. The van der Waals surface area contributed by atoms with Crippen LogP contribution in [-0.2, 0) is 26.4 Å². The van der Waals surface area contributed by atoms with Gasteiger partial charge in [-0.25, -0.2) is 4.39 Å². The van der Waals surface area contributed by atoms with Crippen LogP contribution in [0.5, 0.6) is 0 Å². The van der Waals surface area contributed by atoms with Gasteiger partial charge < -0.3 is 10.3 Å². The van der Waals surface area contributed by atoms with Gasteiger partial charge in [0.2, 0.25) is 0 Å². The Morgan fingerprint density at radius 1 is 1.12 bits per heavy atom. The second-order valence-electron chi connectivity index (χ2n) is 9.55. The summed E-state index contributed by atoms with van der Waals surface area (Å²) in [5.41, 5.74) is 14.6. The summed E-state index contributed by atoms with van der Waals surface area (Å²) in [6.45, 7) is 2.71. The van der Waals surface area contributed by atoms with Crippen molar-refractivity contribution in [3.05, 3.63) is 76.9 Å². The van der Waals surface area contributed by atoms with Crippen molar-refractivity contribution in [1.82, 2.24) is 14.5 Å². The maximum absolute atomic E-state index is 14.7. The summed E-state index contributed by atoms with van der Waals surface area (Å²) in [6, 6.07) is 15.7. The van der Waals surface area contributed by atoms with Gasteiger partial charge in [0.1, 0.15) is 11.9 Å². The van der Waals surface area contributed by atoms with Crippen molar-refractivity contribution < 1.29 is 4.39 Å². The minimum absolute atomic E-state index is 0.0469. The number of halogens is 1. The lowest BCUT2D eigenvalue weighted by atomic mass is 9.85. The molecule has 2 aliphatic rings. The van der Waals surface area contributed by atoms with Crippen LogP contribution in [0.25, 0.3) is 33.3 Å². The van der Waals surface area contributed by atoms with Crippen molar-refractivity contribution >= 4 is 10.9 Å². The predicted molar refractivity (Wildman–Crippen MR) is 132 cm³/mol. The van der Waals surface area contributed by atoms with Crippen LogP contribution >= 0.6 is 0 Å². The predicted octanol–water partition coefficient (Wildman–Crippen LogP) is 4.55. The molecule has 4 aromatic rings. The van der Waals surface area contributed by atoms with Crippen LogP contribution in [0.15, 0.2) is 48.7 Å². The average molecular weight is 452 g/mol. The van der Waals surface area contributed by atoms with E-state index in [1.165, 1.54) is 22.9 Å². The molecule has 0 bridgehead atoms. The molecular formula is C28H26FN5. The number of pyridine rings is 1. The first-order chi connectivity index (χ1) is 16.5. The second kappa shape index (κ2) is 8.05. The number of nitrogens with two attached hydrogens (primary N) is 1. The van der Waals surface area contributed by atoms with Crippen LogP contribution in [0.4, 0.5) is 4.39 Å². The highest BCUT2D eigenvalue weighted by Crippen LogP contribution is 2.40. The van der Waals surface area contributed by atoms with Crippen LogP contribution in [-0.4, -0.2) is 33.6 Å². The summed E-state index contributed by atoms with van der Waals surface area (Å²) >= 11 is 0. The molecule has 0 spiro atoms. The van der Waals surface area contributed by atoms with Gasteiger partial charge in [0.15, 0.2) is 0 Å². The number of nitriles is 1. The van der Waals surface area contributed by atoms with Gasteiger partial charge in [-0.2, -0.15) is 5.26 Å². The number of rotatable bonds is 4. The van der Waals surface area contributed by atoms with Crippen LogP contribution < -0.4 is 5.73 Å². The first-order valence-electron chi connectivity index (χ1n) is 11.8. The minimum atomic E-state index is -0.512. The number of hydrogen-bond donors (Lipinski definition) is 1. The summed E-state index contributed by atoms with van der Waals surface area (Å²) in [7, 11) is 2.06. The van der Waals surface area contributed by atoms with E-state index >= 15 is 0 Å². The zero-order valence-electron chi connectivity index (χ0n) is 19.2. The fourth-order valence-corrected chi connectivity index (χ4v) is 5.35. The quantitative estimate of drug-likeness (QED) is 0.494. The molecule has 1 saturated heterocycles. The molecule has 1 aliphatic carbocycles. The van der Waals surface area contributed by atoms with Crippen LogP contribution in [0.1, 0.15) is 28.8 Å². The van der Waals surface area contributed by atoms with Crippen molar-refractivity contribution in [1.29, 1.82) is 5.26 Å². The topological polar surface area (TPSA) is 70.9 Å². The van der Waals surface area contributed by atoms with Gasteiger partial charge in [0, 0.05) is 54.9 Å². The molecule has 2 aromatic heterocycles. The maximum atomic E-state index is 14.7. The second-order valence-corrected chi connectivity index (χ2v) is 9.55. The fourth-order valence-electron chi connectivity index (χ4n) is 5.35. The van der Waals surface area contributed by atoms with E-state index in [9.17, 15) is 9.65 Å². The molecule has 1 fully saturated rings. The number of fused-ring (bicyclic) bond motifs is 2. The molecule has 170 valence electrons. The number of likely N-dealkylation sites (tertiary alicyclic amines) is 1. The lowest BCUT2D eigenvalue weighted by Gasteiger charge is -2.20. The lowest BCUT2D eigenvalue weighted by Crippen LogP contribution is -2.26. The van der Waals surface area contributed by atoms with Crippen LogP contribution in [0, 0.1) is 17.1 Å². The molecule has 0 amide bonds. The molecule has 1 aliphatic heterocycles. The van der Waals surface area contributed by atoms with Gasteiger partial charge in [-0.15, -0.1) is 0 Å². The number of hydrogen-bond acceptors (Lipinski definition) is 4. The summed E-state index contributed by atoms with van der Waals surface area (Å²) in [5, 5.41) is 10.3. The Labute approximate surface area is 198 Å². The highest BCUT2D eigenvalue weighted by Gasteiger charge is 2.23. The molecule has 1 atom stereocenters. The first-order valence-corrected chi connectivity index (χ1v) is 11.8. The maximum Gasteiger partial charge on any atom is 0.141 e. The van der Waals surface area contributed by atoms with E-state index in [1.54, 1.807) is 6.07 Å². The van der Waals surface area contributed by atoms with Crippen LogP contribution in [0.2, 0.25) is 0 Å². The van der Waals surface area contributed by atoms with Gasteiger partial charge in [-0.3, -0.25) is 9.88 Å². The van der Waals surface area contributed by atoms with E-state index in [0.29, 0.717) is 0 Å². The Hall–Kier alpha value is -3.53. The Morgan fingerprint density at radius 3 is 2.62 bits per heavy atom. The molecule has 2 aromatic carbocycles. The molecule has 5 nitrogen and oxygen atoms in total. The van der Waals surface area contributed by atoms with Gasteiger partial charge >= 0.3 is 0 Å². The van der Waals surface area contributed by atoms with Crippen molar-refractivity contribution in [2.75, 3.05) is 13.1 Å². The third-order valence-electron chi connectivity index (χ3n) is 7.42. The van der Waals surface area contributed by atoms with Crippen molar-refractivity contribution in [2.45, 2.75) is 31.8 Å². The number of benzene rings is 2. The summed E-state index contributed by atoms with van der Waals surface area (Å²) in [5.74, 6) is -0.512. The van der Waals surface area contributed by atoms with Crippen molar-refractivity contribution in [3.63, 3.8) is 0 Å². The summed E-state index contributed by atoms with van der Waals surface area (Å²) < 4.78 is 16.9. The van der Waals surface area contributed by atoms with E-state index in [0.717, 1.165) is 72.2 Å². The third-order valence-corrected chi connectivity index (χ3v) is 7.42. The average Bonchev–Trinajstić information content (AvgIpc) is 3.36. The first kappa shape index (κ1) is 21.0. The van der Waals surface area contributed by atoms with Crippen LogP contribution in [0.3, 0.4) is 0 Å². The molecule has 6 rings (SSSR count).